The summed E-state index contributed by atoms with van der Waals surface area (Å²) in [4.78, 5) is 26.5. The number of fused-ring (bicyclic) bond motifs is 2. The minimum Gasteiger partial charge on any atom is -0.497 e. The normalized spacial score (nSPS) is 11.8. The van der Waals surface area contributed by atoms with Crippen molar-refractivity contribution >= 4 is 23.4 Å². The molecule has 1 amide bonds. The van der Waals surface area contributed by atoms with Gasteiger partial charge in [-0.2, -0.15) is 4.98 Å². The minimum atomic E-state index is -0.152. The number of pyridine rings is 1. The van der Waals surface area contributed by atoms with E-state index in [2.05, 4.69) is 10.3 Å². The number of nitrogens with zero attached hydrogens (tertiary/aromatic N) is 3. The molecule has 2 aromatic heterocycles. The Labute approximate surface area is 212 Å². The summed E-state index contributed by atoms with van der Waals surface area (Å²) in [6.07, 6.45) is 2.13. The summed E-state index contributed by atoms with van der Waals surface area (Å²) in [5.41, 5.74) is 4.57. The molecule has 0 fully saturated rings. The fraction of sp³-hybridized carbons (Fsp3) is 0.185. The summed E-state index contributed by atoms with van der Waals surface area (Å²) in [6.45, 7) is 1.71. The highest BCUT2D eigenvalue weighted by Gasteiger charge is 2.28. The van der Waals surface area contributed by atoms with E-state index in [1.54, 1.807) is 13.3 Å². The highest BCUT2D eigenvalue weighted by Crippen LogP contribution is 2.42. The number of carbonyl (C=O) groups is 1. The van der Waals surface area contributed by atoms with Crippen LogP contribution in [0.2, 0.25) is 0 Å². The molecule has 0 saturated carbocycles. The van der Waals surface area contributed by atoms with Crippen molar-refractivity contribution in [3.8, 4) is 28.8 Å². The molecule has 0 aliphatic carbocycles. The van der Waals surface area contributed by atoms with Crippen LogP contribution >= 0.6 is 11.8 Å². The predicted molar refractivity (Wildman–Crippen MR) is 138 cm³/mol. The number of hydrogen-bond acceptors (Lipinski definition) is 8. The van der Waals surface area contributed by atoms with Crippen molar-refractivity contribution in [3.63, 3.8) is 0 Å². The van der Waals surface area contributed by atoms with Gasteiger partial charge in [0.1, 0.15) is 10.8 Å². The number of aliphatic hydroxyl groups is 1. The molecule has 4 aromatic rings. The standard InChI is InChI=1S/C27H24N4O4S/c1-16-24-21(18(14-32)13-28-16)12-22-26(35-24)30-25(17-8-10-20(34-2)11-9-17)31-27(22)36-15-23(33)29-19-6-4-3-5-7-19/h3-11,13,32H,12,14-15H2,1-2H3,(H,29,33). The maximum absolute atomic E-state index is 12.7. The number of aliphatic hydroxyl groups excluding tert-OH is 1. The maximum atomic E-state index is 12.7. The number of carbonyl (C=O) groups excluding carboxylic acids is 1. The van der Waals surface area contributed by atoms with Gasteiger partial charge in [0.2, 0.25) is 11.8 Å². The summed E-state index contributed by atoms with van der Waals surface area (Å²) in [7, 11) is 1.61. The molecule has 1 aliphatic rings. The van der Waals surface area contributed by atoms with Crippen molar-refractivity contribution in [2.75, 3.05) is 18.2 Å². The molecule has 0 radical (unpaired) electrons. The Morgan fingerprint density at radius 2 is 1.89 bits per heavy atom. The lowest BCUT2D eigenvalue weighted by Gasteiger charge is -2.24. The lowest BCUT2D eigenvalue weighted by atomic mass is 9.99. The van der Waals surface area contributed by atoms with E-state index in [0.717, 1.165) is 28.1 Å². The van der Waals surface area contributed by atoms with Gasteiger partial charge in [0.05, 0.1) is 30.7 Å². The number of rotatable bonds is 7. The first kappa shape index (κ1) is 23.8. The Balaban J connectivity index is 1.50. The first-order valence-electron chi connectivity index (χ1n) is 11.3. The number of hydrogen-bond donors (Lipinski definition) is 2. The van der Waals surface area contributed by atoms with Crippen LogP contribution in [0, 0.1) is 6.92 Å². The van der Waals surface area contributed by atoms with Crippen LogP contribution in [-0.2, 0) is 17.8 Å². The zero-order valence-corrected chi connectivity index (χ0v) is 20.6. The quantitative estimate of drug-likeness (QED) is 0.243. The van der Waals surface area contributed by atoms with Crippen LogP contribution < -0.4 is 14.8 Å². The van der Waals surface area contributed by atoms with Crippen molar-refractivity contribution < 1.29 is 19.4 Å². The van der Waals surface area contributed by atoms with Crippen LogP contribution in [0.4, 0.5) is 5.69 Å². The van der Waals surface area contributed by atoms with E-state index in [1.165, 1.54) is 11.8 Å². The molecule has 3 heterocycles. The molecule has 36 heavy (non-hydrogen) atoms. The molecule has 2 N–H and O–H groups in total. The van der Waals surface area contributed by atoms with E-state index < -0.39 is 0 Å². The third kappa shape index (κ3) is 4.89. The number of aromatic nitrogens is 3. The number of ether oxygens (including phenoxy) is 2. The van der Waals surface area contributed by atoms with Gasteiger partial charge in [-0.3, -0.25) is 9.78 Å². The van der Waals surface area contributed by atoms with Crippen LogP contribution in [-0.4, -0.2) is 38.8 Å². The molecule has 0 spiro atoms. The van der Waals surface area contributed by atoms with E-state index in [-0.39, 0.29) is 18.3 Å². The second-order valence-electron chi connectivity index (χ2n) is 8.18. The van der Waals surface area contributed by atoms with Gasteiger partial charge in [0.15, 0.2) is 11.6 Å². The Hall–Kier alpha value is -3.95. The number of para-hydroxylation sites is 1. The number of aryl methyl sites for hydroxylation is 1. The van der Waals surface area contributed by atoms with E-state index in [4.69, 9.17) is 19.4 Å². The van der Waals surface area contributed by atoms with E-state index in [9.17, 15) is 9.90 Å². The third-order valence-corrected chi connectivity index (χ3v) is 6.82. The number of amides is 1. The fourth-order valence-corrected chi connectivity index (χ4v) is 4.76. The van der Waals surface area contributed by atoms with E-state index in [0.29, 0.717) is 40.2 Å². The minimum absolute atomic E-state index is 0.141. The Bertz CT molecular complexity index is 1410. The lowest BCUT2D eigenvalue weighted by molar-refractivity contribution is -0.113. The Morgan fingerprint density at radius 3 is 2.61 bits per heavy atom. The van der Waals surface area contributed by atoms with E-state index >= 15 is 0 Å². The van der Waals surface area contributed by atoms with Crippen LogP contribution in [0.25, 0.3) is 11.4 Å². The average Bonchev–Trinajstić information content (AvgIpc) is 2.91. The van der Waals surface area contributed by atoms with Gasteiger partial charge >= 0.3 is 0 Å². The molecule has 0 saturated heterocycles. The van der Waals surface area contributed by atoms with Crippen LogP contribution in [0.5, 0.6) is 17.4 Å². The number of nitrogens with one attached hydrogen (secondary N) is 1. The molecule has 2 aromatic carbocycles. The van der Waals surface area contributed by atoms with Gasteiger partial charge in [-0.1, -0.05) is 30.0 Å². The largest absolute Gasteiger partial charge is 0.497 e. The molecule has 9 heteroatoms. The molecule has 8 nitrogen and oxygen atoms in total. The second kappa shape index (κ2) is 10.3. The molecule has 0 unspecified atom stereocenters. The number of benzene rings is 2. The fourth-order valence-electron chi connectivity index (χ4n) is 3.93. The molecule has 5 rings (SSSR count). The van der Waals surface area contributed by atoms with Crippen molar-refractivity contribution in [1.82, 2.24) is 15.0 Å². The van der Waals surface area contributed by atoms with Gasteiger partial charge < -0.3 is 19.9 Å². The molecule has 0 bridgehead atoms. The molecule has 182 valence electrons. The highest BCUT2D eigenvalue weighted by atomic mass is 32.2. The lowest BCUT2D eigenvalue weighted by Crippen LogP contribution is -2.16. The average molecular weight is 501 g/mol. The SMILES string of the molecule is COc1ccc(-c2nc3c(c(SCC(=O)Nc4ccccc4)n2)Cc2c(CO)cnc(C)c2O3)cc1. The van der Waals surface area contributed by atoms with Crippen LogP contribution in [0.3, 0.4) is 0 Å². The zero-order chi connectivity index (χ0) is 25.1. The van der Waals surface area contributed by atoms with Crippen molar-refractivity contribution in [1.29, 1.82) is 0 Å². The predicted octanol–water partition coefficient (Wildman–Crippen LogP) is 4.78. The van der Waals surface area contributed by atoms with E-state index in [1.807, 2.05) is 61.5 Å². The van der Waals surface area contributed by atoms with Gasteiger partial charge in [-0.05, 0) is 43.3 Å². The summed E-state index contributed by atoms with van der Waals surface area (Å²) in [5.74, 6) is 2.26. The monoisotopic (exact) mass is 500 g/mol. The Morgan fingerprint density at radius 1 is 1.11 bits per heavy atom. The molecular weight excluding hydrogens is 476 g/mol. The topological polar surface area (TPSA) is 106 Å². The van der Waals surface area contributed by atoms with Crippen molar-refractivity contribution in [3.05, 3.63) is 83.2 Å². The second-order valence-corrected chi connectivity index (χ2v) is 9.14. The smallest absolute Gasteiger partial charge is 0.234 e. The van der Waals surface area contributed by atoms with Crippen molar-refractivity contribution in [2.45, 2.75) is 25.0 Å². The van der Waals surface area contributed by atoms with Crippen LogP contribution in [0.1, 0.15) is 22.4 Å². The molecular formula is C27H24N4O4S. The number of methoxy groups -OCH3 is 1. The first-order chi connectivity index (χ1) is 17.6. The summed E-state index contributed by atoms with van der Waals surface area (Å²) >= 11 is 1.33. The first-order valence-corrected chi connectivity index (χ1v) is 12.3. The van der Waals surface area contributed by atoms with Gasteiger partial charge in [0, 0.05) is 35.0 Å². The number of thioether (sulfide) groups is 1. The van der Waals surface area contributed by atoms with Crippen LogP contribution in [0.15, 0.2) is 65.8 Å². The Kier molecular flexibility index (Phi) is 6.84. The van der Waals surface area contributed by atoms with Gasteiger partial charge in [-0.25, -0.2) is 4.98 Å². The number of anilines is 1. The highest BCUT2D eigenvalue weighted by molar-refractivity contribution is 8.00. The molecule has 0 atom stereocenters. The maximum Gasteiger partial charge on any atom is 0.234 e. The van der Waals surface area contributed by atoms with Crippen molar-refractivity contribution in [2.24, 2.45) is 0 Å². The summed E-state index contributed by atoms with van der Waals surface area (Å²) in [6, 6.07) is 16.8. The third-order valence-electron chi connectivity index (χ3n) is 5.80. The molecule has 1 aliphatic heterocycles. The zero-order valence-electron chi connectivity index (χ0n) is 19.8. The summed E-state index contributed by atoms with van der Waals surface area (Å²) < 4.78 is 11.5. The summed E-state index contributed by atoms with van der Waals surface area (Å²) in [5, 5.41) is 13.4. The van der Waals surface area contributed by atoms with Gasteiger partial charge in [-0.15, -0.1) is 0 Å². The van der Waals surface area contributed by atoms with Gasteiger partial charge in [0.25, 0.3) is 0 Å².